The van der Waals surface area contributed by atoms with Gasteiger partial charge in [0.05, 0.1) is 37.2 Å². The summed E-state index contributed by atoms with van der Waals surface area (Å²) in [6.45, 7) is 2.37. The van der Waals surface area contributed by atoms with Crippen molar-refractivity contribution in [2.75, 3.05) is 26.8 Å². The highest BCUT2D eigenvalue weighted by Crippen LogP contribution is 2.28. The Hall–Kier alpha value is -2.51. The number of hydrogen-bond donors (Lipinski definition) is 0. The number of hydrogen-bond acceptors (Lipinski definition) is 4. The molecule has 4 rings (SSSR count). The van der Waals surface area contributed by atoms with E-state index in [2.05, 4.69) is 16.0 Å². The number of rotatable bonds is 4. The molecule has 0 unspecified atom stereocenters. The van der Waals surface area contributed by atoms with Crippen LogP contribution in [0.1, 0.15) is 17.2 Å². The minimum atomic E-state index is -0.682. The van der Waals surface area contributed by atoms with Gasteiger partial charge < -0.3 is 14.0 Å². The van der Waals surface area contributed by atoms with Crippen LogP contribution in [0.2, 0.25) is 0 Å². The first-order valence-electron chi connectivity index (χ1n) is 8.82. The predicted molar refractivity (Wildman–Crippen MR) is 97.6 cm³/mol. The average Bonchev–Trinajstić information content (AvgIpc) is 3.02. The lowest BCUT2D eigenvalue weighted by Gasteiger charge is -2.33. The Bertz CT molecular complexity index is 950. The van der Waals surface area contributed by atoms with Crippen LogP contribution in [-0.4, -0.2) is 41.3 Å². The van der Waals surface area contributed by atoms with Crippen molar-refractivity contribution in [3.8, 4) is 5.75 Å². The van der Waals surface area contributed by atoms with Crippen LogP contribution >= 0.6 is 0 Å². The SMILES string of the molecule is COc1c(F)cc(CN2CCO[C@H](c3ccc4ncn(C)c4c3)C2)cc1F. The van der Waals surface area contributed by atoms with Gasteiger partial charge in [-0.15, -0.1) is 0 Å². The molecule has 27 heavy (non-hydrogen) atoms. The van der Waals surface area contributed by atoms with Gasteiger partial charge in [-0.25, -0.2) is 13.8 Å². The van der Waals surface area contributed by atoms with Crippen molar-refractivity contribution in [3.05, 3.63) is 59.4 Å². The third kappa shape index (κ3) is 3.52. The molecule has 1 atom stereocenters. The number of imidazole rings is 1. The number of methoxy groups -OCH3 is 1. The highest BCUT2D eigenvalue weighted by Gasteiger charge is 2.23. The molecule has 3 aromatic rings. The largest absolute Gasteiger partial charge is 0.491 e. The smallest absolute Gasteiger partial charge is 0.190 e. The van der Waals surface area contributed by atoms with Crippen molar-refractivity contribution >= 4 is 11.0 Å². The van der Waals surface area contributed by atoms with E-state index in [1.807, 2.05) is 23.7 Å². The van der Waals surface area contributed by atoms with E-state index in [1.54, 1.807) is 6.33 Å². The van der Waals surface area contributed by atoms with Gasteiger partial charge in [-0.2, -0.15) is 0 Å². The van der Waals surface area contributed by atoms with Gasteiger partial charge in [-0.05, 0) is 35.4 Å². The van der Waals surface area contributed by atoms with Crippen molar-refractivity contribution in [1.82, 2.24) is 14.5 Å². The number of fused-ring (bicyclic) bond motifs is 1. The Morgan fingerprint density at radius 1 is 1.22 bits per heavy atom. The second-order valence-corrected chi connectivity index (χ2v) is 6.79. The summed E-state index contributed by atoms with van der Waals surface area (Å²) in [5.74, 6) is -1.71. The zero-order valence-electron chi connectivity index (χ0n) is 15.3. The third-order valence-corrected chi connectivity index (χ3v) is 4.94. The van der Waals surface area contributed by atoms with E-state index in [4.69, 9.17) is 9.47 Å². The first-order valence-corrected chi connectivity index (χ1v) is 8.82. The van der Waals surface area contributed by atoms with Gasteiger partial charge >= 0.3 is 0 Å². The molecule has 0 spiro atoms. The van der Waals surface area contributed by atoms with Gasteiger partial charge in [0.25, 0.3) is 0 Å². The van der Waals surface area contributed by atoms with Gasteiger partial charge in [-0.3, -0.25) is 4.90 Å². The monoisotopic (exact) mass is 373 g/mol. The molecule has 0 amide bonds. The first kappa shape index (κ1) is 17.9. The summed E-state index contributed by atoms with van der Waals surface area (Å²) in [5, 5.41) is 0. The highest BCUT2D eigenvalue weighted by molar-refractivity contribution is 5.76. The molecule has 2 aromatic carbocycles. The molecule has 0 radical (unpaired) electrons. The Kier molecular flexibility index (Phi) is 4.80. The maximum atomic E-state index is 13.9. The fourth-order valence-corrected chi connectivity index (χ4v) is 3.55. The summed E-state index contributed by atoms with van der Waals surface area (Å²) in [6, 6.07) is 8.75. The van der Waals surface area contributed by atoms with E-state index in [1.165, 1.54) is 19.2 Å². The first-order chi connectivity index (χ1) is 13.0. The highest BCUT2D eigenvalue weighted by atomic mass is 19.1. The van der Waals surface area contributed by atoms with Gasteiger partial charge in [0, 0.05) is 26.7 Å². The van der Waals surface area contributed by atoms with Crippen LogP contribution in [0.3, 0.4) is 0 Å². The number of aromatic nitrogens is 2. The molecule has 0 bridgehead atoms. The zero-order valence-corrected chi connectivity index (χ0v) is 15.3. The lowest BCUT2D eigenvalue weighted by Crippen LogP contribution is -2.37. The molecule has 0 saturated carbocycles. The topological polar surface area (TPSA) is 39.5 Å². The van der Waals surface area contributed by atoms with Gasteiger partial charge in [0.1, 0.15) is 0 Å². The summed E-state index contributed by atoms with van der Waals surface area (Å²) < 4.78 is 40.6. The maximum absolute atomic E-state index is 13.9. The number of aryl methyl sites for hydroxylation is 1. The average molecular weight is 373 g/mol. The van der Waals surface area contributed by atoms with Crippen molar-refractivity contribution in [2.24, 2.45) is 7.05 Å². The second-order valence-electron chi connectivity index (χ2n) is 6.79. The molecule has 5 nitrogen and oxygen atoms in total. The van der Waals surface area contributed by atoms with Crippen LogP contribution in [0.15, 0.2) is 36.7 Å². The molecule has 0 N–H and O–H groups in total. The summed E-state index contributed by atoms with van der Waals surface area (Å²) >= 11 is 0. The lowest BCUT2D eigenvalue weighted by molar-refractivity contribution is -0.0329. The molecule has 1 aromatic heterocycles. The van der Waals surface area contributed by atoms with Gasteiger partial charge in [0.15, 0.2) is 17.4 Å². The van der Waals surface area contributed by atoms with Crippen molar-refractivity contribution in [3.63, 3.8) is 0 Å². The summed E-state index contributed by atoms with van der Waals surface area (Å²) in [7, 11) is 3.22. The van der Waals surface area contributed by atoms with Crippen molar-refractivity contribution in [1.29, 1.82) is 0 Å². The Morgan fingerprint density at radius 2 is 2.00 bits per heavy atom. The third-order valence-electron chi connectivity index (χ3n) is 4.94. The van der Waals surface area contributed by atoms with E-state index >= 15 is 0 Å². The van der Waals surface area contributed by atoms with Gasteiger partial charge in [0.2, 0.25) is 0 Å². The number of nitrogens with zero attached hydrogens (tertiary/aromatic N) is 3. The van der Waals surface area contributed by atoms with E-state index in [9.17, 15) is 8.78 Å². The molecule has 1 fully saturated rings. The number of benzene rings is 2. The summed E-state index contributed by atoms with van der Waals surface area (Å²) in [4.78, 5) is 6.48. The zero-order chi connectivity index (χ0) is 19.0. The molecule has 0 aliphatic carbocycles. The van der Waals surface area contributed by atoms with Crippen LogP contribution in [-0.2, 0) is 18.3 Å². The molecule has 1 aliphatic rings. The minimum Gasteiger partial charge on any atom is -0.491 e. The van der Waals surface area contributed by atoms with Crippen LogP contribution in [0.5, 0.6) is 5.75 Å². The van der Waals surface area contributed by atoms with Crippen molar-refractivity contribution in [2.45, 2.75) is 12.6 Å². The van der Waals surface area contributed by atoms with Gasteiger partial charge in [-0.1, -0.05) is 6.07 Å². The van der Waals surface area contributed by atoms with E-state index in [-0.39, 0.29) is 11.9 Å². The molecular formula is C20H21F2N3O2. The molecule has 1 saturated heterocycles. The summed E-state index contributed by atoms with van der Waals surface area (Å²) in [6.07, 6.45) is 1.70. The molecule has 7 heteroatoms. The molecular weight excluding hydrogens is 352 g/mol. The number of morpholine rings is 1. The quantitative estimate of drug-likeness (QED) is 0.702. The molecule has 1 aliphatic heterocycles. The second kappa shape index (κ2) is 7.25. The molecule has 2 heterocycles. The fourth-order valence-electron chi connectivity index (χ4n) is 3.55. The minimum absolute atomic E-state index is 0.0917. The Labute approximate surface area is 156 Å². The van der Waals surface area contributed by atoms with Crippen LogP contribution < -0.4 is 4.74 Å². The van der Waals surface area contributed by atoms with Crippen LogP contribution in [0, 0.1) is 11.6 Å². The lowest BCUT2D eigenvalue weighted by atomic mass is 10.1. The van der Waals surface area contributed by atoms with Crippen LogP contribution in [0.4, 0.5) is 8.78 Å². The predicted octanol–water partition coefficient (Wildman–Crippen LogP) is 3.43. The Balaban J connectivity index is 1.51. The number of halogens is 2. The van der Waals surface area contributed by atoms with E-state index < -0.39 is 11.6 Å². The van der Waals surface area contributed by atoms with Crippen LogP contribution in [0.25, 0.3) is 11.0 Å². The molecule has 142 valence electrons. The fraction of sp³-hybridized carbons (Fsp3) is 0.350. The van der Waals surface area contributed by atoms with Crippen molar-refractivity contribution < 1.29 is 18.3 Å². The maximum Gasteiger partial charge on any atom is 0.190 e. The van der Waals surface area contributed by atoms with E-state index in [0.717, 1.165) is 16.6 Å². The van der Waals surface area contributed by atoms with E-state index in [0.29, 0.717) is 31.8 Å². The normalized spacial score (nSPS) is 18.1. The summed E-state index contributed by atoms with van der Waals surface area (Å²) in [5.41, 5.74) is 3.64. The Morgan fingerprint density at radius 3 is 2.74 bits per heavy atom. The standard InChI is InChI=1S/C20H21F2N3O2/c1-24-12-23-17-4-3-14(9-18(17)24)19-11-25(5-6-27-19)10-13-7-15(21)20(26-2)16(22)8-13/h3-4,7-9,12,19H,5-6,10-11H2,1-2H3/t19-/m0/s1. The number of ether oxygens (including phenoxy) is 2.